The van der Waals surface area contributed by atoms with Crippen LogP contribution in [0.3, 0.4) is 0 Å². The monoisotopic (exact) mass is 444 g/mol. The van der Waals surface area contributed by atoms with Crippen LogP contribution >= 0.6 is 0 Å². The number of rotatable bonds is 4. The number of nitrogens with zero attached hydrogens (tertiary/aromatic N) is 6. The molecule has 1 aromatic rings. The Morgan fingerprint density at radius 1 is 1.25 bits per heavy atom. The van der Waals surface area contributed by atoms with E-state index in [1.807, 2.05) is 47.6 Å². The minimum absolute atomic E-state index is 0.0429. The number of anilines is 1. The van der Waals surface area contributed by atoms with E-state index in [4.69, 9.17) is 9.47 Å². The second-order valence-electron chi connectivity index (χ2n) is 10.0. The Labute approximate surface area is 191 Å². The van der Waals surface area contributed by atoms with Gasteiger partial charge in [0.1, 0.15) is 23.6 Å². The Morgan fingerprint density at radius 2 is 1.91 bits per heavy atom. The van der Waals surface area contributed by atoms with Crippen LogP contribution in [0.25, 0.3) is 0 Å². The van der Waals surface area contributed by atoms with E-state index in [0.717, 1.165) is 19.4 Å². The molecule has 0 unspecified atom stereocenters. The van der Waals surface area contributed by atoms with E-state index in [1.165, 1.54) is 0 Å². The summed E-state index contributed by atoms with van der Waals surface area (Å²) in [5, 5.41) is 9.47. The van der Waals surface area contributed by atoms with Gasteiger partial charge in [0.15, 0.2) is 0 Å². The summed E-state index contributed by atoms with van der Waals surface area (Å²) in [5.74, 6) is 1.13. The molecule has 32 heavy (non-hydrogen) atoms. The summed E-state index contributed by atoms with van der Waals surface area (Å²) >= 11 is 0. The van der Waals surface area contributed by atoms with E-state index in [9.17, 15) is 10.1 Å². The summed E-state index contributed by atoms with van der Waals surface area (Å²) < 4.78 is 11.7. The molecular weight excluding hydrogens is 408 g/mol. The first-order chi connectivity index (χ1) is 15.0. The molecule has 2 aliphatic heterocycles. The number of likely N-dealkylation sites (N-methyl/N-ethyl adjacent to an activating group) is 1. The molecule has 0 N–H and O–H groups in total. The number of piperazine rings is 1. The molecule has 176 valence electrons. The maximum Gasteiger partial charge on any atom is 0.410 e. The highest BCUT2D eigenvalue weighted by Gasteiger charge is 2.36. The number of hydrogen-bond acceptors (Lipinski definition) is 8. The third-order valence-corrected chi connectivity index (χ3v) is 6.06. The van der Waals surface area contributed by atoms with Crippen molar-refractivity contribution in [2.24, 2.45) is 0 Å². The Morgan fingerprint density at radius 3 is 2.44 bits per heavy atom. The number of ether oxygens (including phenoxy) is 2. The third-order valence-electron chi connectivity index (χ3n) is 6.06. The van der Waals surface area contributed by atoms with Gasteiger partial charge in [-0.1, -0.05) is 0 Å². The fourth-order valence-electron chi connectivity index (χ4n) is 4.67. The average Bonchev–Trinajstić information content (AvgIpc) is 3.11. The van der Waals surface area contributed by atoms with E-state index >= 15 is 0 Å². The van der Waals surface area contributed by atoms with Crippen molar-refractivity contribution in [2.45, 2.75) is 84.2 Å². The summed E-state index contributed by atoms with van der Waals surface area (Å²) in [6.45, 7) is 13.9. The molecule has 2 fully saturated rings. The summed E-state index contributed by atoms with van der Waals surface area (Å²) in [5.41, 5.74) is -0.543. The highest BCUT2D eigenvalue weighted by atomic mass is 16.6. The van der Waals surface area contributed by atoms with E-state index in [1.54, 1.807) is 11.0 Å². The average molecular weight is 445 g/mol. The molecule has 0 spiro atoms. The van der Waals surface area contributed by atoms with Crippen LogP contribution in [-0.4, -0.2) is 82.4 Å². The van der Waals surface area contributed by atoms with Gasteiger partial charge in [-0.25, -0.2) is 9.78 Å². The number of amides is 1. The lowest BCUT2D eigenvalue weighted by molar-refractivity contribution is 0.00558. The molecule has 2 aliphatic rings. The lowest BCUT2D eigenvalue weighted by Crippen LogP contribution is -2.59. The largest absolute Gasteiger partial charge is 0.473 e. The van der Waals surface area contributed by atoms with Gasteiger partial charge in [-0.2, -0.15) is 10.2 Å². The quantitative estimate of drug-likeness (QED) is 0.699. The van der Waals surface area contributed by atoms with Crippen molar-refractivity contribution in [3.05, 3.63) is 11.9 Å². The summed E-state index contributed by atoms with van der Waals surface area (Å²) in [6, 6.07) is 4.02. The first-order valence-electron chi connectivity index (χ1n) is 11.4. The van der Waals surface area contributed by atoms with Gasteiger partial charge in [-0.05, 0) is 68.0 Å². The van der Waals surface area contributed by atoms with Crippen LogP contribution < -0.4 is 9.64 Å². The maximum absolute atomic E-state index is 12.7. The second-order valence-corrected chi connectivity index (χ2v) is 10.0. The number of hydrogen-bond donors (Lipinski definition) is 0. The van der Waals surface area contributed by atoms with Crippen molar-refractivity contribution >= 4 is 11.9 Å². The van der Waals surface area contributed by atoms with E-state index in [-0.39, 0.29) is 30.1 Å². The van der Waals surface area contributed by atoms with Crippen LogP contribution in [0, 0.1) is 11.3 Å². The van der Waals surface area contributed by atoms with Gasteiger partial charge >= 0.3 is 6.09 Å². The van der Waals surface area contributed by atoms with Crippen LogP contribution in [0.1, 0.15) is 60.2 Å². The first-order valence-corrected chi connectivity index (χ1v) is 11.4. The van der Waals surface area contributed by atoms with Crippen molar-refractivity contribution in [3.8, 4) is 11.9 Å². The van der Waals surface area contributed by atoms with Gasteiger partial charge in [0, 0.05) is 25.2 Å². The molecule has 4 atom stereocenters. The zero-order chi connectivity index (χ0) is 23.6. The van der Waals surface area contributed by atoms with Gasteiger partial charge in [0.25, 0.3) is 0 Å². The SMILES string of the molecule is C[C@H](Oc1cc(N2C[C@H](C)N(C(=O)OC(C)(C)C)[C@@H](C)C2)nc(C#N)n1)[C@@H]1CCCN1C. The predicted octanol–water partition coefficient (Wildman–Crippen LogP) is 3.04. The second kappa shape index (κ2) is 9.49. The molecule has 9 heteroatoms. The van der Waals surface area contributed by atoms with Gasteiger partial charge in [0.2, 0.25) is 11.7 Å². The van der Waals surface area contributed by atoms with Crippen LogP contribution in [0.15, 0.2) is 6.07 Å². The number of carbonyl (C=O) groups excluding carboxylic acids is 1. The smallest absolute Gasteiger partial charge is 0.410 e. The van der Waals surface area contributed by atoms with Gasteiger partial charge in [-0.3, -0.25) is 9.80 Å². The number of likely N-dealkylation sites (tertiary alicyclic amines) is 1. The van der Waals surface area contributed by atoms with E-state index in [0.29, 0.717) is 30.8 Å². The predicted molar refractivity (Wildman–Crippen MR) is 122 cm³/mol. The van der Waals surface area contributed by atoms with Crippen molar-refractivity contribution < 1.29 is 14.3 Å². The van der Waals surface area contributed by atoms with Crippen molar-refractivity contribution in [2.75, 3.05) is 31.6 Å². The molecule has 9 nitrogen and oxygen atoms in total. The van der Waals surface area contributed by atoms with Crippen LogP contribution in [0.4, 0.5) is 10.6 Å². The first kappa shape index (κ1) is 24.1. The van der Waals surface area contributed by atoms with Crippen LogP contribution in [-0.2, 0) is 4.74 Å². The molecule has 0 aromatic carbocycles. The minimum atomic E-state index is -0.543. The highest BCUT2D eigenvalue weighted by Crippen LogP contribution is 2.27. The van der Waals surface area contributed by atoms with Gasteiger partial charge < -0.3 is 14.4 Å². The molecule has 3 heterocycles. The van der Waals surface area contributed by atoms with Crippen molar-refractivity contribution in [1.82, 2.24) is 19.8 Å². The minimum Gasteiger partial charge on any atom is -0.473 e. The standard InChI is InChI=1S/C23H36N6O3/c1-15-13-28(14-16(2)29(15)22(30)32-23(4,5)6)20-11-21(26-19(12-24)25-20)31-17(3)18-9-8-10-27(18)7/h11,15-18H,8-10,13-14H2,1-7H3/t15-,16-,17-,18-/m0/s1. The topological polar surface area (TPSA) is 94.8 Å². The molecule has 0 radical (unpaired) electrons. The number of nitriles is 1. The fourth-order valence-corrected chi connectivity index (χ4v) is 4.67. The zero-order valence-corrected chi connectivity index (χ0v) is 20.3. The van der Waals surface area contributed by atoms with Crippen LogP contribution in [0.5, 0.6) is 5.88 Å². The summed E-state index contributed by atoms with van der Waals surface area (Å²) in [6.07, 6.45) is 1.89. The molecule has 0 aliphatic carbocycles. The van der Waals surface area contributed by atoms with Crippen molar-refractivity contribution in [3.63, 3.8) is 0 Å². The molecule has 1 amide bonds. The summed E-state index contributed by atoms with van der Waals surface area (Å²) in [4.78, 5) is 27.6. The Bertz CT molecular complexity index is 852. The normalized spacial score (nSPS) is 25.4. The zero-order valence-electron chi connectivity index (χ0n) is 20.3. The third kappa shape index (κ3) is 5.60. The Hall–Kier alpha value is -2.60. The van der Waals surface area contributed by atoms with Gasteiger partial charge in [0.05, 0.1) is 12.1 Å². The van der Waals surface area contributed by atoms with Gasteiger partial charge in [-0.15, -0.1) is 0 Å². The maximum atomic E-state index is 12.7. The van der Waals surface area contributed by atoms with E-state index in [2.05, 4.69) is 26.8 Å². The lowest BCUT2D eigenvalue weighted by atomic mass is 10.1. The molecular formula is C23H36N6O3. The molecule has 3 rings (SSSR count). The Balaban J connectivity index is 1.76. The van der Waals surface area contributed by atoms with Crippen LogP contribution in [0.2, 0.25) is 0 Å². The lowest BCUT2D eigenvalue weighted by Gasteiger charge is -2.44. The molecule has 0 bridgehead atoms. The molecule has 0 saturated carbocycles. The summed E-state index contributed by atoms with van der Waals surface area (Å²) in [7, 11) is 2.11. The molecule has 2 saturated heterocycles. The fraction of sp³-hybridized carbons (Fsp3) is 0.739. The molecule has 1 aromatic heterocycles. The number of aromatic nitrogens is 2. The highest BCUT2D eigenvalue weighted by molar-refractivity contribution is 5.69. The number of carbonyl (C=O) groups is 1. The Kier molecular flexibility index (Phi) is 7.13. The van der Waals surface area contributed by atoms with Crippen molar-refractivity contribution in [1.29, 1.82) is 5.26 Å². The van der Waals surface area contributed by atoms with E-state index < -0.39 is 5.60 Å².